The molecule has 0 fully saturated rings. The second-order valence-electron chi connectivity index (χ2n) is 8.19. The van der Waals surface area contributed by atoms with Crippen LogP contribution >= 0.6 is 0 Å². The average Bonchev–Trinajstić information content (AvgIpc) is 3.18. The number of nitrogens with one attached hydrogen (secondary N) is 1. The fraction of sp³-hybridized carbons (Fsp3) is 0.565. The summed E-state index contributed by atoms with van der Waals surface area (Å²) in [4.78, 5) is 15.6. The number of aryl methyl sites for hydroxylation is 1. The van der Waals surface area contributed by atoms with Gasteiger partial charge < -0.3 is 15.6 Å². The van der Waals surface area contributed by atoms with Crippen LogP contribution in [0.2, 0.25) is 0 Å². The quantitative estimate of drug-likeness (QED) is 0.505. The van der Waals surface area contributed by atoms with E-state index in [0.29, 0.717) is 6.42 Å². The van der Waals surface area contributed by atoms with Crippen LogP contribution in [0.15, 0.2) is 43.0 Å². The molecule has 0 radical (unpaired) electrons. The van der Waals surface area contributed by atoms with Gasteiger partial charge in [-0.05, 0) is 50.3 Å². The molecule has 1 heterocycles. The van der Waals surface area contributed by atoms with Crippen molar-refractivity contribution in [1.29, 1.82) is 0 Å². The van der Waals surface area contributed by atoms with Gasteiger partial charge in [0.1, 0.15) is 0 Å². The van der Waals surface area contributed by atoms with Gasteiger partial charge >= 0.3 is 0 Å². The Morgan fingerprint density at radius 1 is 1.21 bits per heavy atom. The lowest BCUT2D eigenvalue weighted by atomic mass is 9.87. The maximum absolute atomic E-state index is 11.5. The number of rotatable bonds is 13. The summed E-state index contributed by atoms with van der Waals surface area (Å²) in [5, 5.41) is 3.65. The Morgan fingerprint density at radius 2 is 1.96 bits per heavy atom. The van der Waals surface area contributed by atoms with Crippen LogP contribution in [0.5, 0.6) is 0 Å². The number of nitrogens with two attached hydrogens (primary N) is 1. The van der Waals surface area contributed by atoms with E-state index >= 15 is 0 Å². The van der Waals surface area contributed by atoms with Crippen molar-refractivity contribution in [2.45, 2.75) is 77.3 Å². The Morgan fingerprint density at radius 3 is 2.57 bits per heavy atom. The molecule has 0 spiro atoms. The van der Waals surface area contributed by atoms with Crippen molar-refractivity contribution in [3.63, 3.8) is 0 Å². The van der Waals surface area contributed by atoms with Crippen LogP contribution in [0.4, 0.5) is 0 Å². The minimum Gasteiger partial charge on any atom is -0.370 e. The molecule has 154 valence electrons. The number of primary amides is 1. The van der Waals surface area contributed by atoms with Gasteiger partial charge in [-0.3, -0.25) is 4.79 Å². The summed E-state index contributed by atoms with van der Waals surface area (Å²) in [6.45, 7) is 8.52. The minimum absolute atomic E-state index is 0.102. The zero-order valence-electron chi connectivity index (χ0n) is 17.7. The Labute approximate surface area is 169 Å². The zero-order valence-corrected chi connectivity index (χ0v) is 17.7. The Hall–Kier alpha value is -2.14. The number of imidazole rings is 1. The second kappa shape index (κ2) is 11.0. The summed E-state index contributed by atoms with van der Waals surface area (Å²) >= 11 is 0. The molecule has 1 atom stereocenters. The van der Waals surface area contributed by atoms with E-state index in [2.05, 4.69) is 59.9 Å². The molecule has 0 aliphatic heterocycles. The number of benzene rings is 1. The maximum atomic E-state index is 11.5. The molecule has 1 amide bonds. The van der Waals surface area contributed by atoms with Crippen molar-refractivity contribution in [2.75, 3.05) is 6.54 Å². The van der Waals surface area contributed by atoms with Crippen LogP contribution in [0, 0.1) is 0 Å². The third-order valence-electron chi connectivity index (χ3n) is 5.43. The van der Waals surface area contributed by atoms with E-state index in [9.17, 15) is 4.79 Å². The van der Waals surface area contributed by atoms with E-state index in [1.807, 2.05) is 18.7 Å². The van der Waals surface area contributed by atoms with Gasteiger partial charge in [-0.1, -0.05) is 50.5 Å². The third kappa shape index (κ3) is 7.12. The lowest BCUT2D eigenvalue weighted by molar-refractivity contribution is -0.118. The SMILES string of the molecule is CCCCCC(CC(N)=O)c1ccc(C(C)(C)NCCCn2ccnc2)cc1. The first-order valence-electron chi connectivity index (χ1n) is 10.5. The summed E-state index contributed by atoms with van der Waals surface area (Å²) in [6, 6.07) is 8.71. The highest BCUT2D eigenvalue weighted by Crippen LogP contribution is 2.28. The highest BCUT2D eigenvalue weighted by molar-refractivity contribution is 5.74. The van der Waals surface area contributed by atoms with E-state index in [1.54, 1.807) is 0 Å². The van der Waals surface area contributed by atoms with Crippen LogP contribution in [-0.2, 0) is 16.9 Å². The second-order valence-corrected chi connectivity index (χ2v) is 8.19. The Kier molecular flexibility index (Phi) is 8.71. The number of aromatic nitrogens is 2. The standard InChI is InChI=1S/C23H36N4O/c1-4-5-6-8-20(17-22(24)28)19-9-11-21(12-10-19)23(2,3)26-13-7-15-27-16-14-25-18-27/h9-12,14,16,18,20,26H,4-8,13,15,17H2,1-3H3,(H2,24,28). The molecule has 1 unspecified atom stereocenters. The zero-order chi connectivity index (χ0) is 20.4. The first-order chi connectivity index (χ1) is 13.4. The van der Waals surface area contributed by atoms with Crippen molar-refractivity contribution in [3.05, 3.63) is 54.1 Å². The van der Waals surface area contributed by atoms with Crippen molar-refractivity contribution in [2.24, 2.45) is 5.73 Å². The number of carbonyl (C=O) groups excluding carboxylic acids is 1. The highest BCUT2D eigenvalue weighted by Gasteiger charge is 2.20. The van der Waals surface area contributed by atoms with Gasteiger partial charge in [-0.15, -0.1) is 0 Å². The minimum atomic E-state index is -0.217. The number of hydrogen-bond acceptors (Lipinski definition) is 3. The van der Waals surface area contributed by atoms with Gasteiger partial charge in [-0.2, -0.15) is 0 Å². The Bertz CT molecular complexity index is 692. The van der Waals surface area contributed by atoms with Crippen LogP contribution in [0.25, 0.3) is 0 Å². The van der Waals surface area contributed by atoms with Gasteiger partial charge in [0, 0.05) is 30.9 Å². The summed E-state index contributed by atoms with van der Waals surface area (Å²) in [7, 11) is 0. The molecule has 0 aliphatic carbocycles. The van der Waals surface area contributed by atoms with Crippen molar-refractivity contribution in [1.82, 2.24) is 14.9 Å². The van der Waals surface area contributed by atoms with Crippen molar-refractivity contribution >= 4 is 5.91 Å². The summed E-state index contributed by atoms with van der Waals surface area (Å²) < 4.78 is 2.10. The average molecular weight is 385 g/mol. The molecule has 3 N–H and O–H groups in total. The van der Waals surface area contributed by atoms with Crippen LogP contribution < -0.4 is 11.1 Å². The lowest BCUT2D eigenvalue weighted by Crippen LogP contribution is -2.37. The fourth-order valence-electron chi connectivity index (χ4n) is 3.63. The number of nitrogens with zero attached hydrogens (tertiary/aromatic N) is 2. The van der Waals surface area contributed by atoms with Gasteiger partial charge in [0.2, 0.25) is 5.91 Å². The summed E-state index contributed by atoms with van der Waals surface area (Å²) in [5.41, 5.74) is 7.85. The summed E-state index contributed by atoms with van der Waals surface area (Å²) in [5.74, 6) is 0.00909. The molecule has 5 nitrogen and oxygen atoms in total. The van der Waals surface area contributed by atoms with E-state index in [1.165, 1.54) is 24.0 Å². The van der Waals surface area contributed by atoms with Crippen molar-refractivity contribution < 1.29 is 4.79 Å². The molecule has 0 saturated carbocycles. The molecule has 2 aromatic rings. The van der Waals surface area contributed by atoms with Gasteiger partial charge in [0.15, 0.2) is 0 Å². The van der Waals surface area contributed by atoms with Crippen LogP contribution in [0.1, 0.15) is 76.3 Å². The molecular weight excluding hydrogens is 348 g/mol. The molecule has 0 bridgehead atoms. The summed E-state index contributed by atoms with van der Waals surface area (Å²) in [6.07, 6.45) is 11.7. The van der Waals surface area contributed by atoms with Gasteiger partial charge in [0.25, 0.3) is 0 Å². The molecule has 28 heavy (non-hydrogen) atoms. The maximum Gasteiger partial charge on any atom is 0.218 e. The molecule has 1 aromatic carbocycles. The fourth-order valence-corrected chi connectivity index (χ4v) is 3.63. The molecule has 0 saturated heterocycles. The number of amides is 1. The number of unbranched alkanes of at least 4 members (excludes halogenated alkanes) is 2. The predicted molar refractivity (Wildman–Crippen MR) is 115 cm³/mol. The van der Waals surface area contributed by atoms with Crippen LogP contribution in [-0.4, -0.2) is 22.0 Å². The van der Waals surface area contributed by atoms with Crippen LogP contribution in [0.3, 0.4) is 0 Å². The smallest absolute Gasteiger partial charge is 0.218 e. The molecule has 5 heteroatoms. The topological polar surface area (TPSA) is 72.9 Å². The largest absolute Gasteiger partial charge is 0.370 e. The molecular formula is C23H36N4O. The predicted octanol–water partition coefficient (Wildman–Crippen LogP) is 4.34. The van der Waals surface area contributed by atoms with E-state index < -0.39 is 0 Å². The monoisotopic (exact) mass is 384 g/mol. The first kappa shape index (κ1) is 22.2. The number of carbonyl (C=O) groups is 1. The first-order valence-corrected chi connectivity index (χ1v) is 10.5. The van der Waals surface area contributed by atoms with E-state index in [-0.39, 0.29) is 17.4 Å². The van der Waals surface area contributed by atoms with E-state index in [0.717, 1.165) is 32.4 Å². The molecule has 0 aliphatic rings. The third-order valence-corrected chi connectivity index (χ3v) is 5.43. The van der Waals surface area contributed by atoms with E-state index in [4.69, 9.17) is 5.73 Å². The molecule has 2 rings (SSSR count). The molecule has 1 aromatic heterocycles. The number of hydrogen-bond donors (Lipinski definition) is 2. The van der Waals surface area contributed by atoms with Gasteiger partial charge in [-0.25, -0.2) is 4.98 Å². The normalized spacial score (nSPS) is 12.8. The lowest BCUT2D eigenvalue weighted by Gasteiger charge is -2.28. The van der Waals surface area contributed by atoms with Gasteiger partial charge in [0.05, 0.1) is 6.33 Å². The Balaban J connectivity index is 1.92. The van der Waals surface area contributed by atoms with Crippen molar-refractivity contribution in [3.8, 4) is 0 Å². The highest BCUT2D eigenvalue weighted by atomic mass is 16.1.